The largest absolute Gasteiger partial charge is 0.384 e. The van der Waals surface area contributed by atoms with Crippen LogP contribution in [0.1, 0.15) is 12.8 Å². The molecule has 1 rings (SSSR count). The molecule has 8 heteroatoms. The first-order valence-corrected chi connectivity index (χ1v) is 6.00. The molecule has 82 valence electrons. The molecule has 3 N–H and O–H groups in total. The number of nitrogens with one attached hydrogen (secondary N) is 1. The third-order valence-electron chi connectivity index (χ3n) is 1.89. The van der Waals surface area contributed by atoms with E-state index in [1.807, 2.05) is 0 Å². The van der Waals surface area contributed by atoms with Crippen LogP contribution in [0, 0.1) is 5.41 Å². The Kier molecular flexibility index (Phi) is 3.43. The van der Waals surface area contributed by atoms with E-state index in [1.165, 1.54) is 6.08 Å². The van der Waals surface area contributed by atoms with E-state index in [9.17, 15) is 16.8 Å². The molecule has 1 aliphatic carbocycles. The second kappa shape index (κ2) is 4.41. The second-order valence-electron chi connectivity index (χ2n) is 2.91. The van der Waals surface area contributed by atoms with E-state index in [4.69, 9.17) is 11.1 Å². The molecule has 0 amide bonds. The van der Waals surface area contributed by atoms with Crippen molar-refractivity contribution in [2.24, 2.45) is 5.73 Å². The third kappa shape index (κ3) is 2.77. The van der Waals surface area contributed by atoms with Crippen molar-refractivity contribution >= 4 is 36.2 Å². The summed E-state index contributed by atoms with van der Waals surface area (Å²) in [5.41, 5.74) is 5.39. The minimum Gasteiger partial charge on any atom is -0.384 e. The normalized spacial score (nSPS) is 15.9. The van der Waals surface area contributed by atoms with Crippen molar-refractivity contribution in [2.45, 2.75) is 12.8 Å². The molecule has 0 aromatic rings. The van der Waals surface area contributed by atoms with Gasteiger partial charge in [0.15, 0.2) is 0 Å². The van der Waals surface area contributed by atoms with Crippen LogP contribution in [0.15, 0.2) is 11.6 Å². The van der Waals surface area contributed by atoms with Crippen LogP contribution in [0.4, 0.5) is 0 Å². The molecule has 0 saturated heterocycles. The third-order valence-corrected chi connectivity index (χ3v) is 3.34. The Morgan fingerprint density at radius 1 is 1.20 bits per heavy atom. The molecule has 0 fully saturated rings. The molecule has 0 bridgehead atoms. The Morgan fingerprint density at radius 2 is 1.80 bits per heavy atom. The number of allylic oxidation sites excluding steroid dienone is 1. The lowest BCUT2D eigenvalue weighted by Gasteiger charge is -2.11. The molecule has 0 saturated carbocycles. The lowest BCUT2D eigenvalue weighted by atomic mass is 9.98. The summed E-state index contributed by atoms with van der Waals surface area (Å²) in [5.74, 6) is -0.319. The van der Waals surface area contributed by atoms with Gasteiger partial charge in [-0.1, -0.05) is 0 Å². The highest BCUT2D eigenvalue weighted by Gasteiger charge is 2.18. The Bertz CT molecular complexity index is 591. The molecule has 0 aromatic carbocycles. The lowest BCUT2D eigenvalue weighted by molar-refractivity contribution is 0.626. The zero-order valence-electron chi connectivity index (χ0n) is 7.52. The summed E-state index contributed by atoms with van der Waals surface area (Å²) >= 11 is 0. The van der Waals surface area contributed by atoms with Gasteiger partial charge in [0.25, 0.3) is 0 Å². The van der Waals surface area contributed by atoms with Crippen LogP contribution in [0.3, 0.4) is 0 Å². The maximum absolute atomic E-state index is 10.7. The van der Waals surface area contributed by atoms with Gasteiger partial charge in [0, 0.05) is 12.8 Å². The fourth-order valence-electron chi connectivity index (χ4n) is 1.16. The van der Waals surface area contributed by atoms with E-state index < -0.39 is 20.6 Å². The van der Waals surface area contributed by atoms with Crippen molar-refractivity contribution in [3.63, 3.8) is 0 Å². The van der Waals surface area contributed by atoms with E-state index in [2.05, 4.69) is 0 Å². The van der Waals surface area contributed by atoms with Gasteiger partial charge in [-0.15, -0.1) is 0 Å². The van der Waals surface area contributed by atoms with Gasteiger partial charge in [0.2, 0.25) is 20.6 Å². The average molecular weight is 248 g/mol. The summed E-state index contributed by atoms with van der Waals surface area (Å²) in [6.45, 7) is 0. The Hall–Kier alpha value is -1.41. The van der Waals surface area contributed by atoms with Gasteiger partial charge >= 0.3 is 0 Å². The lowest BCUT2D eigenvalue weighted by Crippen LogP contribution is -2.23. The molecule has 0 unspecified atom stereocenters. The Labute approximate surface area is 89.0 Å². The molecule has 0 aliphatic heterocycles. The number of hydrogen-bond acceptors (Lipinski definition) is 5. The number of rotatable bonds is 1. The van der Waals surface area contributed by atoms with Crippen LogP contribution in [-0.2, 0) is 20.6 Å². The zero-order valence-corrected chi connectivity index (χ0v) is 9.15. The summed E-state index contributed by atoms with van der Waals surface area (Å²) in [6, 6.07) is 0. The molecule has 0 spiro atoms. The van der Waals surface area contributed by atoms with E-state index in [-0.39, 0.29) is 34.0 Å². The van der Waals surface area contributed by atoms with E-state index in [0.29, 0.717) is 0 Å². The van der Waals surface area contributed by atoms with Gasteiger partial charge in [-0.05, 0) is 11.6 Å². The summed E-state index contributed by atoms with van der Waals surface area (Å²) in [4.78, 5) is -0.0347. The maximum Gasteiger partial charge on any atom is 0.217 e. The van der Waals surface area contributed by atoms with Gasteiger partial charge < -0.3 is 5.73 Å². The second-order valence-corrected chi connectivity index (χ2v) is 4.95. The van der Waals surface area contributed by atoms with E-state index in [1.54, 1.807) is 0 Å². The fraction of sp³-hybridized carbons (Fsp3) is 0.286. The average Bonchev–Trinajstić information content (AvgIpc) is 2.16. The standard InChI is InChI=1S/C7H8N2O4S2/c8-7(9)4-1-5(14(10)11)3-6(2-4)15(12)13/h1H,2-3H2,(H3,8,9). The smallest absolute Gasteiger partial charge is 0.217 e. The SMILES string of the molecule is N=C(N)C1=CC(=S(=O)=O)CC(=S(=O)=O)C1. The minimum absolute atomic E-state index is 0.00610. The molecular weight excluding hydrogens is 240 g/mol. The summed E-state index contributed by atoms with van der Waals surface area (Å²) in [6.07, 6.45) is 1.11. The first kappa shape index (κ1) is 11.7. The summed E-state index contributed by atoms with van der Waals surface area (Å²) in [5, 5.41) is 7.13. The quantitative estimate of drug-likeness (QED) is 0.341. The van der Waals surface area contributed by atoms with Gasteiger partial charge in [0.05, 0.1) is 9.73 Å². The Morgan fingerprint density at radius 3 is 2.20 bits per heavy atom. The zero-order chi connectivity index (χ0) is 11.6. The molecular formula is C7H8N2O4S2. The summed E-state index contributed by atoms with van der Waals surface area (Å²) < 4.78 is 42.8. The highest BCUT2D eigenvalue weighted by atomic mass is 32.2. The summed E-state index contributed by atoms with van der Waals surface area (Å²) in [7, 11) is -4.93. The molecule has 15 heavy (non-hydrogen) atoms. The molecule has 0 radical (unpaired) electrons. The van der Waals surface area contributed by atoms with Crippen molar-refractivity contribution in [3.05, 3.63) is 11.6 Å². The van der Waals surface area contributed by atoms with Crippen molar-refractivity contribution in [1.29, 1.82) is 5.41 Å². The van der Waals surface area contributed by atoms with Gasteiger partial charge in [-0.2, -0.15) is 16.8 Å². The molecule has 0 aromatic heterocycles. The molecule has 6 nitrogen and oxygen atoms in total. The maximum atomic E-state index is 10.7. The van der Waals surface area contributed by atoms with Crippen LogP contribution in [0.25, 0.3) is 0 Å². The molecule has 0 atom stereocenters. The monoisotopic (exact) mass is 248 g/mol. The van der Waals surface area contributed by atoms with Crippen LogP contribution in [0.5, 0.6) is 0 Å². The first-order valence-electron chi connectivity index (χ1n) is 3.86. The topological polar surface area (TPSA) is 118 Å². The van der Waals surface area contributed by atoms with Crippen LogP contribution < -0.4 is 5.73 Å². The van der Waals surface area contributed by atoms with Crippen LogP contribution in [-0.4, -0.2) is 32.4 Å². The minimum atomic E-state index is -2.48. The predicted molar refractivity (Wildman–Crippen MR) is 57.1 cm³/mol. The Balaban J connectivity index is 3.43. The highest BCUT2D eigenvalue weighted by molar-refractivity contribution is 7.75. The van der Waals surface area contributed by atoms with E-state index >= 15 is 0 Å². The predicted octanol–water partition coefficient (Wildman–Crippen LogP) is -1.25. The van der Waals surface area contributed by atoms with Gasteiger partial charge in [0.1, 0.15) is 5.84 Å². The van der Waals surface area contributed by atoms with Crippen molar-refractivity contribution in [2.75, 3.05) is 0 Å². The van der Waals surface area contributed by atoms with Crippen molar-refractivity contribution < 1.29 is 16.8 Å². The first-order chi connectivity index (χ1) is 6.91. The van der Waals surface area contributed by atoms with Gasteiger partial charge in [-0.25, -0.2) is 0 Å². The number of nitrogens with two attached hydrogens (primary N) is 1. The fourth-order valence-corrected chi connectivity index (χ4v) is 2.33. The highest BCUT2D eigenvalue weighted by Crippen LogP contribution is 2.12. The van der Waals surface area contributed by atoms with Crippen LogP contribution >= 0.6 is 0 Å². The molecule has 0 heterocycles. The van der Waals surface area contributed by atoms with Gasteiger partial charge in [-0.3, -0.25) is 5.41 Å². The molecule has 1 aliphatic rings. The number of amidine groups is 1. The van der Waals surface area contributed by atoms with Crippen molar-refractivity contribution in [1.82, 2.24) is 0 Å². The van der Waals surface area contributed by atoms with Crippen molar-refractivity contribution in [3.8, 4) is 0 Å². The number of hydrogen-bond donors (Lipinski definition) is 2. The van der Waals surface area contributed by atoms with Crippen LogP contribution in [0.2, 0.25) is 0 Å². The van der Waals surface area contributed by atoms with E-state index in [0.717, 1.165) is 0 Å².